The van der Waals surface area contributed by atoms with Crippen LogP contribution in [0, 0.1) is 0 Å². The predicted octanol–water partition coefficient (Wildman–Crippen LogP) is 3.28. The summed E-state index contributed by atoms with van der Waals surface area (Å²) in [5.74, 6) is 0.819. The molecule has 1 aliphatic heterocycles. The van der Waals surface area contributed by atoms with E-state index in [1.165, 1.54) is 13.2 Å². The van der Waals surface area contributed by atoms with Crippen LogP contribution in [0.15, 0.2) is 18.2 Å². The Morgan fingerprint density at radius 3 is 2.63 bits per heavy atom. The molecule has 2 rings (SSSR count). The Morgan fingerprint density at radius 1 is 1.30 bits per heavy atom. The fraction of sp³-hybridized carbons (Fsp3) is 0.500. The fourth-order valence-electron chi connectivity index (χ4n) is 2.83. The molecule has 2 amide bonds. The van der Waals surface area contributed by atoms with Gasteiger partial charge in [0.15, 0.2) is 11.5 Å². The molecule has 0 unspecified atom stereocenters. The fourth-order valence-corrected chi connectivity index (χ4v) is 3.10. The second-order valence-electron chi connectivity index (χ2n) is 6.66. The number of carbonyl (C=O) groups excluding carboxylic acids is 2. The number of hydrogen-bond donors (Lipinski definition) is 1. The monoisotopic (exact) mass is 394 g/mol. The van der Waals surface area contributed by atoms with E-state index >= 15 is 0 Å². The summed E-state index contributed by atoms with van der Waals surface area (Å²) in [5.41, 5.74) is 0.719. The van der Waals surface area contributed by atoms with E-state index in [9.17, 15) is 9.59 Å². The van der Waals surface area contributed by atoms with Crippen LogP contribution in [-0.4, -0.2) is 49.6 Å². The van der Waals surface area contributed by atoms with Crippen LogP contribution in [0.5, 0.6) is 11.5 Å². The zero-order chi connectivity index (χ0) is 19.8. The highest BCUT2D eigenvalue weighted by Gasteiger charge is 2.17. The van der Waals surface area contributed by atoms with E-state index in [-0.39, 0.29) is 17.9 Å². The minimum Gasteiger partial charge on any atom is -0.493 e. The highest BCUT2D eigenvalue weighted by molar-refractivity contribution is 6.32. The maximum Gasteiger partial charge on any atom is 0.244 e. The number of rotatable bonds is 8. The summed E-state index contributed by atoms with van der Waals surface area (Å²) in [6.45, 7) is 5.78. The molecule has 0 saturated carbocycles. The first-order valence-electron chi connectivity index (χ1n) is 9.18. The van der Waals surface area contributed by atoms with E-state index in [0.29, 0.717) is 29.5 Å². The van der Waals surface area contributed by atoms with Crippen LogP contribution < -0.4 is 14.8 Å². The van der Waals surface area contributed by atoms with Gasteiger partial charge >= 0.3 is 0 Å². The lowest BCUT2D eigenvalue weighted by Gasteiger charge is -2.15. The highest BCUT2D eigenvalue weighted by atomic mass is 35.5. The molecular weight excluding hydrogens is 368 g/mol. The van der Waals surface area contributed by atoms with Gasteiger partial charge < -0.3 is 19.7 Å². The number of hydrogen-bond acceptors (Lipinski definition) is 4. The van der Waals surface area contributed by atoms with E-state index < -0.39 is 0 Å². The van der Waals surface area contributed by atoms with E-state index in [4.69, 9.17) is 21.1 Å². The molecule has 6 nitrogen and oxygen atoms in total. The number of halogens is 1. The molecule has 1 N–H and O–H groups in total. The van der Waals surface area contributed by atoms with Gasteiger partial charge in [-0.3, -0.25) is 9.59 Å². The average molecular weight is 395 g/mol. The van der Waals surface area contributed by atoms with Crippen LogP contribution in [0.4, 0.5) is 0 Å². The molecule has 0 bridgehead atoms. The summed E-state index contributed by atoms with van der Waals surface area (Å²) < 4.78 is 11.0. The van der Waals surface area contributed by atoms with Gasteiger partial charge in [-0.15, -0.1) is 0 Å². The van der Waals surface area contributed by atoms with Crippen LogP contribution in [-0.2, 0) is 9.59 Å². The molecule has 0 aliphatic carbocycles. The number of methoxy groups -OCH3 is 1. The molecule has 27 heavy (non-hydrogen) atoms. The van der Waals surface area contributed by atoms with Crippen LogP contribution in [0.25, 0.3) is 6.08 Å². The third-order valence-electron chi connectivity index (χ3n) is 4.13. The smallest absolute Gasteiger partial charge is 0.244 e. The van der Waals surface area contributed by atoms with E-state index in [2.05, 4.69) is 5.32 Å². The third kappa shape index (κ3) is 6.47. The first kappa shape index (κ1) is 21.1. The lowest BCUT2D eigenvalue weighted by atomic mass is 10.2. The van der Waals surface area contributed by atoms with Crippen molar-refractivity contribution in [2.75, 3.05) is 26.7 Å². The number of benzene rings is 1. The van der Waals surface area contributed by atoms with Gasteiger partial charge in [-0.25, -0.2) is 0 Å². The van der Waals surface area contributed by atoms with Gasteiger partial charge in [0.25, 0.3) is 0 Å². The van der Waals surface area contributed by atoms with Gasteiger partial charge in [0.05, 0.1) is 18.2 Å². The predicted molar refractivity (Wildman–Crippen MR) is 106 cm³/mol. The van der Waals surface area contributed by atoms with Crippen molar-refractivity contribution in [2.24, 2.45) is 0 Å². The summed E-state index contributed by atoms with van der Waals surface area (Å²) >= 11 is 6.27. The van der Waals surface area contributed by atoms with Crippen molar-refractivity contribution >= 4 is 29.5 Å². The Hall–Kier alpha value is -2.21. The SMILES string of the molecule is COc1cc(/C=C/C(=O)NCCC(=O)N2CCCC2)cc(Cl)c1OC(C)C. The number of carbonyl (C=O) groups is 2. The zero-order valence-corrected chi connectivity index (χ0v) is 16.8. The van der Waals surface area contributed by atoms with Crippen molar-refractivity contribution in [3.05, 3.63) is 28.8 Å². The molecule has 1 aliphatic rings. The van der Waals surface area contributed by atoms with Crippen LogP contribution in [0.3, 0.4) is 0 Å². The molecule has 1 aromatic carbocycles. The second kappa shape index (κ2) is 10.2. The number of ether oxygens (including phenoxy) is 2. The molecule has 0 aromatic heterocycles. The Bertz CT molecular complexity index is 697. The van der Waals surface area contributed by atoms with Crippen LogP contribution >= 0.6 is 11.6 Å². The zero-order valence-electron chi connectivity index (χ0n) is 16.1. The first-order valence-corrected chi connectivity index (χ1v) is 9.56. The van der Waals surface area contributed by atoms with Crippen molar-refractivity contribution in [3.8, 4) is 11.5 Å². The van der Waals surface area contributed by atoms with Gasteiger partial charge in [-0.05, 0) is 50.5 Å². The van der Waals surface area contributed by atoms with Crippen molar-refractivity contribution in [1.29, 1.82) is 0 Å². The average Bonchev–Trinajstić information content (AvgIpc) is 3.16. The van der Waals surface area contributed by atoms with E-state index in [0.717, 1.165) is 31.5 Å². The second-order valence-corrected chi connectivity index (χ2v) is 7.07. The highest BCUT2D eigenvalue weighted by Crippen LogP contribution is 2.37. The number of amides is 2. The third-order valence-corrected chi connectivity index (χ3v) is 4.41. The van der Waals surface area contributed by atoms with Gasteiger partial charge in [-0.1, -0.05) is 11.6 Å². The van der Waals surface area contributed by atoms with Gasteiger partial charge in [-0.2, -0.15) is 0 Å². The lowest BCUT2D eigenvalue weighted by Crippen LogP contribution is -2.32. The summed E-state index contributed by atoms with van der Waals surface area (Å²) in [4.78, 5) is 25.7. The standard InChI is InChI=1S/C20H27ClN2O4/c1-14(2)27-20-16(21)12-15(13-17(20)26-3)6-7-18(24)22-9-8-19(25)23-10-4-5-11-23/h6-7,12-14H,4-5,8-11H2,1-3H3,(H,22,24)/b7-6+. The molecule has 0 atom stereocenters. The molecule has 7 heteroatoms. The quantitative estimate of drug-likeness (QED) is 0.687. The summed E-state index contributed by atoms with van der Waals surface area (Å²) in [6.07, 6.45) is 5.47. The minimum atomic E-state index is -0.262. The molecule has 1 aromatic rings. The molecule has 1 heterocycles. The van der Waals surface area contributed by atoms with Crippen molar-refractivity contribution < 1.29 is 19.1 Å². The maximum atomic E-state index is 12.0. The Kier molecular flexibility index (Phi) is 7.98. The maximum absolute atomic E-state index is 12.0. The van der Waals surface area contributed by atoms with Crippen molar-refractivity contribution in [1.82, 2.24) is 10.2 Å². The molecule has 148 valence electrons. The summed E-state index contributed by atoms with van der Waals surface area (Å²) in [6, 6.07) is 3.47. The molecule has 0 radical (unpaired) electrons. The number of nitrogens with zero attached hydrogens (tertiary/aromatic N) is 1. The van der Waals surface area contributed by atoms with Gasteiger partial charge in [0, 0.05) is 32.1 Å². The molecular formula is C20H27ClN2O4. The topological polar surface area (TPSA) is 67.9 Å². The summed E-state index contributed by atoms with van der Waals surface area (Å²) in [7, 11) is 1.54. The molecule has 0 spiro atoms. The number of likely N-dealkylation sites (tertiary alicyclic amines) is 1. The Balaban J connectivity index is 1.89. The largest absolute Gasteiger partial charge is 0.493 e. The Labute approximate surface area is 165 Å². The molecule has 1 saturated heterocycles. The molecule has 1 fully saturated rings. The van der Waals surface area contributed by atoms with Gasteiger partial charge in [0.1, 0.15) is 0 Å². The Morgan fingerprint density at radius 2 is 2.00 bits per heavy atom. The summed E-state index contributed by atoms with van der Waals surface area (Å²) in [5, 5.41) is 3.14. The van der Waals surface area contributed by atoms with E-state index in [1.54, 1.807) is 18.2 Å². The van der Waals surface area contributed by atoms with Crippen molar-refractivity contribution in [2.45, 2.75) is 39.2 Å². The van der Waals surface area contributed by atoms with E-state index in [1.807, 2.05) is 18.7 Å². The van der Waals surface area contributed by atoms with Crippen molar-refractivity contribution in [3.63, 3.8) is 0 Å². The minimum absolute atomic E-state index is 0.0353. The van der Waals surface area contributed by atoms with Crippen LogP contribution in [0.1, 0.15) is 38.7 Å². The van der Waals surface area contributed by atoms with Gasteiger partial charge in [0.2, 0.25) is 11.8 Å². The van der Waals surface area contributed by atoms with Crippen LogP contribution in [0.2, 0.25) is 5.02 Å². The lowest BCUT2D eigenvalue weighted by molar-refractivity contribution is -0.130. The normalized spacial score (nSPS) is 14.0. The first-order chi connectivity index (χ1) is 12.9. The number of nitrogens with one attached hydrogen (secondary N) is 1.